The van der Waals surface area contributed by atoms with Gasteiger partial charge >= 0.3 is 0 Å². The summed E-state index contributed by atoms with van der Waals surface area (Å²) in [6, 6.07) is 13.5. The van der Waals surface area contributed by atoms with Crippen molar-refractivity contribution in [2.24, 2.45) is 5.92 Å². The molecule has 2 aromatic rings. The molecule has 0 radical (unpaired) electrons. The van der Waals surface area contributed by atoms with Crippen molar-refractivity contribution in [1.82, 2.24) is 4.90 Å². The molecule has 130 valence electrons. The van der Waals surface area contributed by atoms with Crippen LogP contribution in [0, 0.1) is 18.7 Å². The van der Waals surface area contributed by atoms with Crippen LogP contribution in [0.5, 0.6) is 5.75 Å². The molecule has 1 saturated heterocycles. The van der Waals surface area contributed by atoms with Crippen LogP contribution < -0.4 is 10.1 Å². The summed E-state index contributed by atoms with van der Waals surface area (Å²) in [6.07, 6.45) is 0. The number of halogens is 1. The lowest BCUT2D eigenvalue weighted by Gasteiger charge is -2.38. The van der Waals surface area contributed by atoms with Crippen molar-refractivity contribution in [1.29, 1.82) is 0 Å². The number of nitrogens with zero attached hydrogens (tertiary/aromatic N) is 1. The van der Waals surface area contributed by atoms with E-state index in [9.17, 15) is 14.0 Å². The van der Waals surface area contributed by atoms with E-state index in [1.54, 1.807) is 12.1 Å². The molecule has 1 heterocycles. The lowest BCUT2D eigenvalue weighted by Crippen LogP contribution is -2.55. The fourth-order valence-electron chi connectivity index (χ4n) is 2.59. The van der Waals surface area contributed by atoms with Crippen molar-refractivity contribution in [3.05, 3.63) is 59.9 Å². The Kier molecular flexibility index (Phi) is 4.97. The number of likely N-dealkylation sites (tertiary alicyclic amines) is 1. The van der Waals surface area contributed by atoms with E-state index < -0.39 is 5.82 Å². The second-order valence-corrected chi connectivity index (χ2v) is 6.02. The molecule has 5 nitrogen and oxygen atoms in total. The third-order valence-corrected chi connectivity index (χ3v) is 4.20. The zero-order valence-corrected chi connectivity index (χ0v) is 13.9. The molecule has 1 N–H and O–H groups in total. The summed E-state index contributed by atoms with van der Waals surface area (Å²) in [4.78, 5) is 25.8. The van der Waals surface area contributed by atoms with E-state index in [1.807, 2.05) is 31.2 Å². The van der Waals surface area contributed by atoms with Crippen LogP contribution in [-0.2, 0) is 9.59 Å². The van der Waals surface area contributed by atoms with Gasteiger partial charge in [-0.2, -0.15) is 0 Å². The molecule has 2 aromatic carbocycles. The highest BCUT2D eigenvalue weighted by Crippen LogP contribution is 2.21. The van der Waals surface area contributed by atoms with E-state index in [4.69, 9.17) is 4.74 Å². The van der Waals surface area contributed by atoms with Crippen molar-refractivity contribution in [3.63, 3.8) is 0 Å². The number of nitrogens with one attached hydrogen (secondary N) is 1. The number of anilines is 1. The molecule has 0 bridgehead atoms. The number of para-hydroxylation sites is 2. The number of hydrogen-bond donors (Lipinski definition) is 1. The fraction of sp³-hybridized carbons (Fsp3) is 0.263. The summed E-state index contributed by atoms with van der Waals surface area (Å²) in [5.41, 5.74) is 1.77. The summed E-state index contributed by atoms with van der Waals surface area (Å²) in [7, 11) is 0. The number of rotatable bonds is 5. The van der Waals surface area contributed by atoms with Crippen LogP contribution in [0.15, 0.2) is 48.5 Å². The Balaban J connectivity index is 1.45. The first-order valence-electron chi connectivity index (χ1n) is 8.06. The Morgan fingerprint density at radius 2 is 1.84 bits per heavy atom. The molecule has 1 aliphatic heterocycles. The molecule has 1 fully saturated rings. The van der Waals surface area contributed by atoms with Crippen molar-refractivity contribution < 1.29 is 18.7 Å². The van der Waals surface area contributed by atoms with Crippen LogP contribution in [0.3, 0.4) is 0 Å². The quantitative estimate of drug-likeness (QED) is 0.909. The van der Waals surface area contributed by atoms with Gasteiger partial charge in [-0.25, -0.2) is 4.39 Å². The van der Waals surface area contributed by atoms with Crippen LogP contribution in [0.2, 0.25) is 0 Å². The topological polar surface area (TPSA) is 58.6 Å². The van der Waals surface area contributed by atoms with Gasteiger partial charge in [0.05, 0.1) is 5.92 Å². The summed E-state index contributed by atoms with van der Waals surface area (Å²) < 4.78 is 18.6. The summed E-state index contributed by atoms with van der Waals surface area (Å²) in [6.45, 7) is 2.37. The monoisotopic (exact) mass is 342 g/mol. The highest BCUT2D eigenvalue weighted by molar-refractivity contribution is 5.95. The Morgan fingerprint density at radius 1 is 1.16 bits per heavy atom. The minimum atomic E-state index is -0.505. The van der Waals surface area contributed by atoms with E-state index >= 15 is 0 Å². The molecule has 25 heavy (non-hydrogen) atoms. The highest BCUT2D eigenvalue weighted by atomic mass is 19.1. The molecule has 0 spiro atoms. The molecule has 2 amide bonds. The first-order chi connectivity index (χ1) is 12.0. The molecule has 0 aromatic heterocycles. The van der Waals surface area contributed by atoms with Crippen LogP contribution >= 0.6 is 0 Å². The maximum Gasteiger partial charge on any atom is 0.260 e. The number of benzene rings is 2. The minimum Gasteiger partial charge on any atom is -0.481 e. The highest BCUT2D eigenvalue weighted by Gasteiger charge is 2.35. The van der Waals surface area contributed by atoms with Crippen molar-refractivity contribution in [3.8, 4) is 5.75 Å². The zero-order chi connectivity index (χ0) is 17.8. The summed E-state index contributed by atoms with van der Waals surface area (Å²) in [5, 5.41) is 2.88. The number of carbonyl (C=O) groups excluding carboxylic acids is 2. The van der Waals surface area contributed by atoms with E-state index in [1.165, 1.54) is 17.0 Å². The lowest BCUT2D eigenvalue weighted by molar-refractivity contribution is -0.143. The normalized spacial score (nSPS) is 13.9. The molecule has 0 saturated carbocycles. The van der Waals surface area contributed by atoms with Crippen LogP contribution in [0.1, 0.15) is 5.56 Å². The average Bonchev–Trinajstić information content (AvgIpc) is 2.55. The molecule has 1 aliphatic rings. The van der Waals surface area contributed by atoms with Gasteiger partial charge in [0.25, 0.3) is 5.91 Å². The average molecular weight is 342 g/mol. The van der Waals surface area contributed by atoms with Gasteiger partial charge in [-0.3, -0.25) is 9.59 Å². The van der Waals surface area contributed by atoms with Gasteiger partial charge in [0.1, 0.15) is 0 Å². The Labute approximate surface area is 145 Å². The number of carbonyl (C=O) groups is 2. The molecule has 0 atom stereocenters. The van der Waals surface area contributed by atoms with Crippen molar-refractivity contribution >= 4 is 17.5 Å². The van der Waals surface area contributed by atoms with Crippen LogP contribution in [0.25, 0.3) is 0 Å². The predicted molar refractivity (Wildman–Crippen MR) is 91.8 cm³/mol. The lowest BCUT2D eigenvalue weighted by atomic mass is 9.99. The Morgan fingerprint density at radius 3 is 2.56 bits per heavy atom. The third-order valence-electron chi connectivity index (χ3n) is 4.20. The fourth-order valence-corrected chi connectivity index (χ4v) is 2.59. The van der Waals surface area contributed by atoms with E-state index in [2.05, 4.69) is 5.32 Å². The van der Waals surface area contributed by atoms with Gasteiger partial charge in [-0.15, -0.1) is 0 Å². The van der Waals surface area contributed by atoms with Crippen LogP contribution in [0.4, 0.5) is 10.1 Å². The van der Waals surface area contributed by atoms with E-state index in [-0.39, 0.29) is 30.1 Å². The second-order valence-electron chi connectivity index (χ2n) is 6.02. The van der Waals surface area contributed by atoms with Crippen molar-refractivity contribution in [2.45, 2.75) is 6.92 Å². The van der Waals surface area contributed by atoms with E-state index in [0.717, 1.165) is 11.3 Å². The number of aryl methyl sites for hydroxylation is 1. The van der Waals surface area contributed by atoms with Crippen LogP contribution in [-0.4, -0.2) is 36.4 Å². The third kappa shape index (κ3) is 3.96. The van der Waals surface area contributed by atoms with Gasteiger partial charge in [0.2, 0.25) is 5.91 Å². The summed E-state index contributed by atoms with van der Waals surface area (Å²) in [5.74, 6) is -1.06. The predicted octanol–water partition coefficient (Wildman–Crippen LogP) is 2.61. The zero-order valence-electron chi connectivity index (χ0n) is 13.9. The summed E-state index contributed by atoms with van der Waals surface area (Å²) >= 11 is 0. The van der Waals surface area contributed by atoms with Gasteiger partial charge in [-0.1, -0.05) is 30.3 Å². The number of ether oxygens (including phenoxy) is 1. The standard InChI is InChI=1S/C19H19FN2O3/c1-13-6-2-4-8-16(13)21-19(24)14-10-22(11-14)18(23)12-25-17-9-5-3-7-15(17)20/h2-9,14H,10-12H2,1H3,(H,21,24). The minimum absolute atomic E-state index is 0.0465. The molecular weight excluding hydrogens is 323 g/mol. The maximum atomic E-state index is 13.4. The molecule has 6 heteroatoms. The Bertz CT molecular complexity index is 788. The Hall–Kier alpha value is -2.89. The molecule has 3 rings (SSSR count). The maximum absolute atomic E-state index is 13.4. The van der Waals surface area contributed by atoms with Crippen molar-refractivity contribution in [2.75, 3.05) is 25.0 Å². The van der Waals surface area contributed by atoms with Gasteiger partial charge in [0, 0.05) is 18.8 Å². The van der Waals surface area contributed by atoms with E-state index in [0.29, 0.717) is 13.1 Å². The van der Waals surface area contributed by atoms with Gasteiger partial charge in [-0.05, 0) is 30.7 Å². The molecular formula is C19H19FN2O3. The van der Waals surface area contributed by atoms with Gasteiger partial charge in [0.15, 0.2) is 18.2 Å². The first-order valence-corrected chi connectivity index (χ1v) is 8.06. The van der Waals surface area contributed by atoms with Gasteiger partial charge < -0.3 is 15.0 Å². The number of amides is 2. The second kappa shape index (κ2) is 7.34. The SMILES string of the molecule is Cc1ccccc1NC(=O)C1CN(C(=O)COc2ccccc2F)C1. The smallest absolute Gasteiger partial charge is 0.260 e. The number of hydrogen-bond acceptors (Lipinski definition) is 3. The molecule has 0 aliphatic carbocycles. The molecule has 0 unspecified atom stereocenters. The largest absolute Gasteiger partial charge is 0.481 e. The first kappa shape index (κ1) is 17.0.